The average molecular weight is 233 g/mol. The van der Waals surface area contributed by atoms with Crippen LogP contribution in [-0.2, 0) is 4.79 Å². The zero-order chi connectivity index (χ0) is 12.1. The first-order chi connectivity index (χ1) is 8.33. The van der Waals surface area contributed by atoms with Crippen molar-refractivity contribution in [3.63, 3.8) is 0 Å². The van der Waals surface area contributed by atoms with E-state index in [1.54, 1.807) is 0 Å². The van der Waals surface area contributed by atoms with E-state index in [1.807, 2.05) is 25.2 Å². The standard InChI is InChI=1S/C13H19N3O/c1-14-8-7-12-13(17)15-9-10-16(12)11-5-3-2-4-6-11/h2-6,12,14H,7-10H2,1H3,(H,15,17). The Morgan fingerprint density at radius 3 is 2.88 bits per heavy atom. The summed E-state index contributed by atoms with van der Waals surface area (Å²) in [5, 5.41) is 6.03. The number of nitrogens with one attached hydrogen (secondary N) is 2. The van der Waals surface area contributed by atoms with Crippen LogP contribution in [0.3, 0.4) is 0 Å². The van der Waals surface area contributed by atoms with Gasteiger partial charge in [0, 0.05) is 18.8 Å². The van der Waals surface area contributed by atoms with E-state index in [4.69, 9.17) is 0 Å². The van der Waals surface area contributed by atoms with E-state index < -0.39 is 0 Å². The molecule has 0 aliphatic carbocycles. The molecule has 1 fully saturated rings. The molecule has 1 aromatic rings. The quantitative estimate of drug-likeness (QED) is 0.800. The van der Waals surface area contributed by atoms with Gasteiger partial charge < -0.3 is 15.5 Å². The van der Waals surface area contributed by atoms with Crippen molar-refractivity contribution in [2.24, 2.45) is 0 Å². The fraction of sp³-hybridized carbons (Fsp3) is 0.462. The smallest absolute Gasteiger partial charge is 0.242 e. The lowest BCUT2D eigenvalue weighted by Crippen LogP contribution is -2.56. The highest BCUT2D eigenvalue weighted by atomic mass is 16.2. The van der Waals surface area contributed by atoms with E-state index in [1.165, 1.54) is 0 Å². The lowest BCUT2D eigenvalue weighted by Gasteiger charge is -2.36. The number of carbonyl (C=O) groups is 1. The Morgan fingerprint density at radius 2 is 2.18 bits per heavy atom. The van der Waals surface area contributed by atoms with Crippen molar-refractivity contribution in [2.45, 2.75) is 12.5 Å². The minimum Gasteiger partial charge on any atom is -0.358 e. The van der Waals surface area contributed by atoms with Crippen molar-refractivity contribution < 1.29 is 4.79 Å². The maximum atomic E-state index is 11.9. The number of hydrogen-bond acceptors (Lipinski definition) is 3. The van der Waals surface area contributed by atoms with E-state index in [0.717, 1.165) is 31.7 Å². The molecule has 1 aromatic carbocycles. The van der Waals surface area contributed by atoms with Gasteiger partial charge in [0.05, 0.1) is 0 Å². The molecule has 92 valence electrons. The zero-order valence-corrected chi connectivity index (χ0v) is 10.1. The molecule has 2 rings (SSSR count). The molecule has 1 atom stereocenters. The maximum absolute atomic E-state index is 11.9. The van der Waals surface area contributed by atoms with Crippen LogP contribution in [0.5, 0.6) is 0 Å². The highest BCUT2D eigenvalue weighted by Crippen LogP contribution is 2.19. The summed E-state index contributed by atoms with van der Waals surface area (Å²) >= 11 is 0. The molecule has 4 heteroatoms. The van der Waals surface area contributed by atoms with Gasteiger partial charge in [-0.2, -0.15) is 0 Å². The second-order valence-corrected chi connectivity index (χ2v) is 4.23. The molecule has 1 amide bonds. The predicted octanol–water partition coefficient (Wildman–Crippen LogP) is 0.601. The third-order valence-corrected chi connectivity index (χ3v) is 3.09. The highest BCUT2D eigenvalue weighted by Gasteiger charge is 2.28. The van der Waals surface area contributed by atoms with E-state index in [2.05, 4.69) is 27.7 Å². The molecule has 0 saturated carbocycles. The number of para-hydroxylation sites is 1. The van der Waals surface area contributed by atoms with Crippen molar-refractivity contribution >= 4 is 11.6 Å². The Morgan fingerprint density at radius 1 is 1.41 bits per heavy atom. The summed E-state index contributed by atoms with van der Waals surface area (Å²) in [7, 11) is 1.91. The first kappa shape index (κ1) is 11.9. The van der Waals surface area contributed by atoms with Gasteiger partial charge in [0.15, 0.2) is 0 Å². The topological polar surface area (TPSA) is 44.4 Å². The van der Waals surface area contributed by atoms with Crippen LogP contribution >= 0.6 is 0 Å². The molecule has 1 aliphatic heterocycles. The van der Waals surface area contributed by atoms with Crippen molar-refractivity contribution in [3.8, 4) is 0 Å². The maximum Gasteiger partial charge on any atom is 0.242 e. The number of benzene rings is 1. The Labute approximate surface area is 102 Å². The molecule has 0 radical (unpaired) electrons. The predicted molar refractivity (Wildman–Crippen MR) is 69.1 cm³/mol. The summed E-state index contributed by atoms with van der Waals surface area (Å²) in [6.45, 7) is 2.45. The molecule has 2 N–H and O–H groups in total. The highest BCUT2D eigenvalue weighted by molar-refractivity contribution is 5.86. The van der Waals surface area contributed by atoms with E-state index >= 15 is 0 Å². The number of hydrogen-bond donors (Lipinski definition) is 2. The Hall–Kier alpha value is -1.55. The molecule has 1 saturated heterocycles. The summed E-state index contributed by atoms with van der Waals surface area (Å²) in [4.78, 5) is 14.1. The first-order valence-corrected chi connectivity index (χ1v) is 6.07. The van der Waals surface area contributed by atoms with E-state index in [-0.39, 0.29) is 11.9 Å². The molecule has 1 unspecified atom stereocenters. The van der Waals surface area contributed by atoms with Crippen LogP contribution in [0.25, 0.3) is 0 Å². The number of nitrogens with zero attached hydrogens (tertiary/aromatic N) is 1. The number of amides is 1. The van der Waals surface area contributed by atoms with Crippen LogP contribution in [-0.4, -0.2) is 38.6 Å². The van der Waals surface area contributed by atoms with Crippen molar-refractivity contribution in [1.82, 2.24) is 10.6 Å². The molecule has 4 nitrogen and oxygen atoms in total. The molecule has 0 aromatic heterocycles. The number of anilines is 1. The molecule has 1 aliphatic rings. The minimum absolute atomic E-state index is 0.0569. The summed E-state index contributed by atoms with van der Waals surface area (Å²) in [6, 6.07) is 10.1. The van der Waals surface area contributed by atoms with Crippen LogP contribution < -0.4 is 15.5 Å². The summed E-state index contributed by atoms with van der Waals surface area (Å²) < 4.78 is 0. The average Bonchev–Trinajstić information content (AvgIpc) is 2.38. The Kier molecular flexibility index (Phi) is 3.98. The van der Waals surface area contributed by atoms with Gasteiger partial charge in [0.25, 0.3) is 0 Å². The molecule has 0 bridgehead atoms. The summed E-state index contributed by atoms with van der Waals surface area (Å²) in [6.07, 6.45) is 0.831. The minimum atomic E-state index is -0.0569. The van der Waals surface area contributed by atoms with Gasteiger partial charge in [0.2, 0.25) is 5.91 Å². The van der Waals surface area contributed by atoms with Gasteiger partial charge in [0.1, 0.15) is 6.04 Å². The SMILES string of the molecule is CNCCC1C(=O)NCCN1c1ccccc1. The normalized spacial score (nSPS) is 20.2. The Bertz CT molecular complexity index is 366. The van der Waals surface area contributed by atoms with Gasteiger partial charge in [-0.25, -0.2) is 0 Å². The van der Waals surface area contributed by atoms with Crippen molar-refractivity contribution in [2.75, 3.05) is 31.6 Å². The molecule has 0 spiro atoms. The van der Waals surface area contributed by atoms with Gasteiger partial charge in [-0.05, 0) is 32.1 Å². The summed E-state index contributed by atoms with van der Waals surface area (Å²) in [5.41, 5.74) is 1.13. The van der Waals surface area contributed by atoms with Crippen LogP contribution in [0.4, 0.5) is 5.69 Å². The fourth-order valence-corrected chi connectivity index (χ4v) is 2.21. The van der Waals surface area contributed by atoms with Crippen LogP contribution in [0, 0.1) is 0 Å². The first-order valence-electron chi connectivity index (χ1n) is 6.07. The van der Waals surface area contributed by atoms with Gasteiger partial charge in [-0.1, -0.05) is 18.2 Å². The zero-order valence-electron chi connectivity index (χ0n) is 10.1. The molecule has 1 heterocycles. The second-order valence-electron chi connectivity index (χ2n) is 4.23. The van der Waals surface area contributed by atoms with Crippen molar-refractivity contribution in [3.05, 3.63) is 30.3 Å². The Balaban J connectivity index is 2.14. The van der Waals surface area contributed by atoms with E-state index in [9.17, 15) is 4.79 Å². The van der Waals surface area contributed by atoms with Crippen LogP contribution in [0.1, 0.15) is 6.42 Å². The second kappa shape index (κ2) is 5.68. The molecular weight excluding hydrogens is 214 g/mol. The van der Waals surface area contributed by atoms with Crippen molar-refractivity contribution in [1.29, 1.82) is 0 Å². The van der Waals surface area contributed by atoms with Gasteiger partial charge in [-0.3, -0.25) is 4.79 Å². The van der Waals surface area contributed by atoms with E-state index in [0.29, 0.717) is 0 Å². The number of carbonyl (C=O) groups excluding carboxylic acids is 1. The van der Waals surface area contributed by atoms with Gasteiger partial charge >= 0.3 is 0 Å². The monoisotopic (exact) mass is 233 g/mol. The fourth-order valence-electron chi connectivity index (χ4n) is 2.21. The third-order valence-electron chi connectivity index (χ3n) is 3.09. The molecular formula is C13H19N3O. The lowest BCUT2D eigenvalue weighted by molar-refractivity contribution is -0.123. The number of rotatable bonds is 4. The largest absolute Gasteiger partial charge is 0.358 e. The van der Waals surface area contributed by atoms with Crippen LogP contribution in [0.2, 0.25) is 0 Å². The van der Waals surface area contributed by atoms with Crippen LogP contribution in [0.15, 0.2) is 30.3 Å². The number of piperazine rings is 1. The summed E-state index contributed by atoms with van der Waals surface area (Å²) in [5.74, 6) is 0.135. The third kappa shape index (κ3) is 2.77. The lowest BCUT2D eigenvalue weighted by atomic mass is 10.1. The van der Waals surface area contributed by atoms with Gasteiger partial charge in [-0.15, -0.1) is 0 Å². The molecule has 17 heavy (non-hydrogen) atoms.